The summed E-state index contributed by atoms with van der Waals surface area (Å²) in [5.41, 5.74) is 10.5. The Balaban J connectivity index is 1.51. The van der Waals surface area contributed by atoms with Crippen molar-refractivity contribution in [1.29, 1.82) is 5.26 Å². The molecule has 162 valence electrons. The van der Waals surface area contributed by atoms with Gasteiger partial charge in [0.15, 0.2) is 0 Å². The van der Waals surface area contributed by atoms with Gasteiger partial charge in [-0.1, -0.05) is 24.3 Å². The van der Waals surface area contributed by atoms with Gasteiger partial charge in [-0.05, 0) is 62.6 Å². The fourth-order valence-corrected chi connectivity index (χ4v) is 4.27. The first-order valence-electron chi connectivity index (χ1n) is 10.9. The maximum absolute atomic E-state index is 12.6. The van der Waals surface area contributed by atoms with Crippen LogP contribution in [0.4, 0.5) is 11.4 Å². The summed E-state index contributed by atoms with van der Waals surface area (Å²) in [6.45, 7) is 5.30. The lowest BCUT2D eigenvalue weighted by atomic mass is 10.0. The number of benzene rings is 2. The summed E-state index contributed by atoms with van der Waals surface area (Å²) in [4.78, 5) is 19.6. The predicted octanol–water partition coefficient (Wildman–Crippen LogP) is 4.83. The lowest BCUT2D eigenvalue weighted by Gasteiger charge is -2.26. The van der Waals surface area contributed by atoms with Crippen LogP contribution in [0.5, 0.6) is 0 Å². The number of nitrogens with zero attached hydrogens (tertiary/aromatic N) is 3. The molecule has 3 N–H and O–H groups in total. The molecule has 1 amide bonds. The van der Waals surface area contributed by atoms with Crippen molar-refractivity contribution in [2.75, 3.05) is 11.1 Å². The lowest BCUT2D eigenvalue weighted by Crippen LogP contribution is -2.32. The molecule has 6 heteroatoms. The molecule has 1 aliphatic rings. The number of nitrogens with one attached hydrogen (secondary N) is 1. The Bertz CT molecular complexity index is 1160. The third-order valence-corrected chi connectivity index (χ3v) is 6.19. The first-order valence-corrected chi connectivity index (χ1v) is 10.9. The molecule has 1 fully saturated rings. The van der Waals surface area contributed by atoms with Crippen molar-refractivity contribution in [2.45, 2.75) is 45.3 Å². The molecule has 2 aromatic carbocycles. The van der Waals surface area contributed by atoms with E-state index in [1.807, 2.05) is 36.5 Å². The van der Waals surface area contributed by atoms with E-state index in [-0.39, 0.29) is 5.91 Å². The second-order valence-corrected chi connectivity index (χ2v) is 8.42. The van der Waals surface area contributed by atoms with Crippen LogP contribution >= 0.6 is 0 Å². The van der Waals surface area contributed by atoms with E-state index < -0.39 is 0 Å². The minimum atomic E-state index is -0.243. The van der Waals surface area contributed by atoms with Gasteiger partial charge in [-0.15, -0.1) is 0 Å². The van der Waals surface area contributed by atoms with Gasteiger partial charge in [-0.25, -0.2) is 0 Å². The van der Waals surface area contributed by atoms with Crippen molar-refractivity contribution in [2.24, 2.45) is 0 Å². The summed E-state index contributed by atoms with van der Waals surface area (Å²) in [5, 5.41) is 12.5. The van der Waals surface area contributed by atoms with Gasteiger partial charge < -0.3 is 11.1 Å². The molecule has 0 unspecified atom stereocenters. The maximum Gasteiger partial charge on any atom is 0.255 e. The monoisotopic (exact) mass is 425 g/mol. The molecule has 1 aliphatic heterocycles. The Morgan fingerprint density at radius 1 is 1.16 bits per heavy atom. The Labute approximate surface area is 188 Å². The maximum atomic E-state index is 12.6. The van der Waals surface area contributed by atoms with Gasteiger partial charge >= 0.3 is 0 Å². The Morgan fingerprint density at radius 3 is 2.50 bits per heavy atom. The third-order valence-electron chi connectivity index (χ3n) is 6.19. The van der Waals surface area contributed by atoms with Crippen LogP contribution < -0.4 is 11.1 Å². The number of nitrogen functional groups attached to an aromatic ring is 1. The molecule has 0 bridgehead atoms. The second kappa shape index (κ2) is 9.21. The van der Waals surface area contributed by atoms with Crippen LogP contribution in [0.25, 0.3) is 11.3 Å². The van der Waals surface area contributed by atoms with Crippen molar-refractivity contribution in [3.8, 4) is 17.3 Å². The molecule has 0 aliphatic carbocycles. The van der Waals surface area contributed by atoms with Crippen molar-refractivity contribution in [3.05, 3.63) is 77.5 Å². The minimum Gasteiger partial charge on any atom is -0.397 e. The molecule has 1 aromatic heterocycles. The van der Waals surface area contributed by atoms with Gasteiger partial charge in [0.05, 0.1) is 22.6 Å². The zero-order valence-corrected chi connectivity index (χ0v) is 18.4. The average Bonchev–Trinajstić information content (AvgIpc) is 3.12. The zero-order chi connectivity index (χ0) is 22.7. The SMILES string of the molecule is C[C@@H]1CC[C@@H](C)N1Cc1cnc(-c2ccc(C(=O)Nc3ccccc3N)cc2)c(C#N)c1. The van der Waals surface area contributed by atoms with Crippen LogP contribution in [-0.2, 0) is 6.54 Å². The normalized spacial score (nSPS) is 18.3. The van der Waals surface area contributed by atoms with E-state index in [2.05, 4.69) is 35.1 Å². The summed E-state index contributed by atoms with van der Waals surface area (Å²) < 4.78 is 0. The van der Waals surface area contributed by atoms with Crippen LogP contribution in [-0.4, -0.2) is 27.9 Å². The van der Waals surface area contributed by atoms with Gasteiger partial charge in [-0.2, -0.15) is 5.26 Å². The predicted molar refractivity (Wildman–Crippen MR) is 127 cm³/mol. The number of pyridine rings is 1. The van der Waals surface area contributed by atoms with Crippen LogP contribution in [0.3, 0.4) is 0 Å². The number of aromatic nitrogens is 1. The quantitative estimate of drug-likeness (QED) is 0.571. The lowest BCUT2D eigenvalue weighted by molar-refractivity contribution is 0.102. The Hall–Kier alpha value is -3.69. The molecule has 0 spiro atoms. The van der Waals surface area contributed by atoms with E-state index in [4.69, 9.17) is 5.73 Å². The van der Waals surface area contributed by atoms with Gasteiger partial charge in [0.1, 0.15) is 6.07 Å². The Morgan fingerprint density at radius 2 is 1.84 bits per heavy atom. The van der Waals surface area contributed by atoms with Crippen LogP contribution in [0, 0.1) is 11.3 Å². The van der Waals surface area contributed by atoms with Crippen LogP contribution in [0.1, 0.15) is 48.2 Å². The van der Waals surface area contributed by atoms with Crippen molar-refractivity contribution in [3.63, 3.8) is 0 Å². The number of hydrogen-bond acceptors (Lipinski definition) is 5. The van der Waals surface area contributed by atoms with E-state index in [1.165, 1.54) is 12.8 Å². The molecule has 0 saturated carbocycles. The number of nitriles is 1. The second-order valence-electron chi connectivity index (χ2n) is 8.42. The van der Waals surface area contributed by atoms with Gasteiger partial charge in [-0.3, -0.25) is 14.7 Å². The van der Waals surface area contributed by atoms with Crippen LogP contribution in [0.2, 0.25) is 0 Å². The molecule has 1 saturated heterocycles. The summed E-state index contributed by atoms with van der Waals surface area (Å²) in [6.07, 6.45) is 4.26. The third kappa shape index (κ3) is 4.48. The van der Waals surface area contributed by atoms with E-state index in [0.717, 1.165) is 17.7 Å². The fourth-order valence-electron chi connectivity index (χ4n) is 4.27. The van der Waals surface area contributed by atoms with E-state index >= 15 is 0 Å². The largest absolute Gasteiger partial charge is 0.397 e. The number of anilines is 2. The number of rotatable bonds is 5. The molecule has 32 heavy (non-hydrogen) atoms. The topological polar surface area (TPSA) is 95.0 Å². The summed E-state index contributed by atoms with van der Waals surface area (Å²) in [5.74, 6) is -0.243. The van der Waals surface area contributed by atoms with Gasteiger partial charge in [0.25, 0.3) is 5.91 Å². The smallest absolute Gasteiger partial charge is 0.255 e. The summed E-state index contributed by atoms with van der Waals surface area (Å²) in [6, 6.07) is 19.5. The molecule has 3 aromatic rings. The number of likely N-dealkylation sites (tertiary alicyclic amines) is 1. The standard InChI is InChI=1S/C26H27N5O/c1-17-7-8-18(2)31(17)16-19-13-22(14-27)25(29-15-19)20-9-11-21(12-10-20)26(32)30-24-6-4-3-5-23(24)28/h3-6,9-13,15,17-18H,7-8,16,28H2,1-2H3,(H,30,32)/t17-,18-/m1/s1. The molecular formula is C26H27N5O. The number of carbonyl (C=O) groups is 1. The summed E-state index contributed by atoms with van der Waals surface area (Å²) in [7, 11) is 0. The Kier molecular flexibility index (Phi) is 6.20. The average molecular weight is 426 g/mol. The molecule has 0 radical (unpaired) electrons. The minimum absolute atomic E-state index is 0.243. The first-order chi connectivity index (χ1) is 15.5. The fraction of sp³-hybridized carbons (Fsp3) is 0.269. The zero-order valence-electron chi connectivity index (χ0n) is 18.4. The molecule has 4 rings (SSSR count). The summed E-state index contributed by atoms with van der Waals surface area (Å²) >= 11 is 0. The van der Waals surface area contributed by atoms with E-state index in [0.29, 0.717) is 40.3 Å². The first kappa shape index (κ1) is 21.5. The van der Waals surface area contributed by atoms with Crippen molar-refractivity contribution < 1.29 is 4.79 Å². The number of hydrogen-bond donors (Lipinski definition) is 2. The van der Waals surface area contributed by atoms with Gasteiger partial charge in [0.2, 0.25) is 0 Å². The molecule has 2 heterocycles. The number of carbonyl (C=O) groups excluding carboxylic acids is 1. The van der Waals surface area contributed by atoms with Crippen LogP contribution in [0.15, 0.2) is 60.8 Å². The van der Waals surface area contributed by atoms with Gasteiger partial charge in [0, 0.05) is 36.0 Å². The highest BCUT2D eigenvalue weighted by molar-refractivity contribution is 6.05. The molecule has 6 nitrogen and oxygen atoms in total. The van der Waals surface area contributed by atoms with Crippen molar-refractivity contribution >= 4 is 17.3 Å². The van der Waals surface area contributed by atoms with E-state index in [9.17, 15) is 10.1 Å². The highest BCUT2D eigenvalue weighted by Crippen LogP contribution is 2.28. The molecular weight excluding hydrogens is 398 g/mol. The number of nitrogens with two attached hydrogens (primary N) is 1. The number of amides is 1. The highest BCUT2D eigenvalue weighted by Gasteiger charge is 2.27. The van der Waals surface area contributed by atoms with Crippen molar-refractivity contribution in [1.82, 2.24) is 9.88 Å². The number of para-hydroxylation sites is 2. The van der Waals surface area contributed by atoms with E-state index in [1.54, 1.807) is 24.3 Å². The highest BCUT2D eigenvalue weighted by atomic mass is 16.1. The molecule has 2 atom stereocenters.